The molecule has 538 valence electrons. The highest BCUT2D eigenvalue weighted by Crippen LogP contribution is 2.42. The van der Waals surface area contributed by atoms with Crippen LogP contribution in [0.15, 0.2) is 69.7 Å². The van der Waals surface area contributed by atoms with Gasteiger partial charge in [0.15, 0.2) is 5.96 Å². The molecule has 0 spiro atoms. The number of hydrogen-bond donors (Lipinski definition) is 15. The molecule has 4 fully saturated rings. The van der Waals surface area contributed by atoms with Crippen molar-refractivity contribution in [2.24, 2.45) is 55.8 Å². The van der Waals surface area contributed by atoms with Crippen molar-refractivity contribution in [2.75, 3.05) is 32.8 Å². The number of aromatic hydroxyl groups is 1. The van der Waals surface area contributed by atoms with E-state index in [2.05, 4.69) is 67.8 Å². The van der Waals surface area contributed by atoms with Crippen LogP contribution in [0.2, 0.25) is 0 Å². The summed E-state index contributed by atoms with van der Waals surface area (Å²) in [6, 6.07) is 1.31. The number of fused-ring (bicyclic) bond motifs is 1. The molecule has 2 saturated carbocycles. The number of guanidine groups is 1. The molecule has 4 heterocycles. The first-order chi connectivity index (χ1) is 47.5. The maximum atomic E-state index is 15.5. The quantitative estimate of drug-likeness (QED) is 0.0210. The smallest absolute Gasteiger partial charge is 0.245 e. The van der Waals surface area contributed by atoms with Crippen LogP contribution in [0.5, 0.6) is 5.75 Å². The zero-order chi connectivity index (χ0) is 71.1. The van der Waals surface area contributed by atoms with E-state index >= 15 is 9.59 Å². The minimum absolute atomic E-state index is 0.0226. The summed E-state index contributed by atoms with van der Waals surface area (Å²) in [5.41, 5.74) is 18.8. The number of aromatic amines is 1. The minimum Gasteiger partial charge on any atom is -0.508 e. The number of H-pyrrole nitrogens is 1. The highest BCUT2D eigenvalue weighted by molar-refractivity contribution is 6.03. The predicted octanol–water partition coefficient (Wildman–Crippen LogP) is 0.0553. The molecule has 0 unspecified atom stereocenters. The fourth-order valence-corrected chi connectivity index (χ4v) is 14.2. The standard InChI is InChI=1S/C69H99N17O13/c1-39(2)29-51(61(92)79-50(19-11-27-74-69(71)72)68(99)86-28-12-20-57(86)67(98)76-36-58(70)89)80-65(96)55(33-47(41-13-5-3-6-14-41)42-15-7-4-8-16-42)84-62(93)52(30-40-21-23-45(88)24-22-40)81-66(97)56(37-87)85-63(94)53(31-43-34-75-48-18-10-9-17-46(43)48)82-64(95)54(32-44-35-73-38-77-44)83-60(91)49-25-26-59(90)78-49/h9-10,17-18,21-24,34,38-39,41-42,47,49-57,75,87-88H,3-8,11-16,19-20,25-33,35-37H2,1-2H3,(H2,70,89)(H,76,98)(H,78,90)(H,79,92)(H,80,96)(H,81,97)(H,82,95)(H,83,91)(H,84,93)(H,85,94)(H4,71,72,74)/t49-,50-,51-,52-,53-,54-,55+,56-,57-/m0/s1. The second-order valence-electron chi connectivity index (χ2n) is 27.2. The fourth-order valence-electron chi connectivity index (χ4n) is 14.2. The molecule has 0 bridgehead atoms. The summed E-state index contributed by atoms with van der Waals surface area (Å²) in [5.74, 6) is -8.08. The second kappa shape index (κ2) is 36.9. The highest BCUT2D eigenvalue weighted by Gasteiger charge is 2.42. The molecule has 1 aromatic heterocycles. The number of nitrogens with two attached hydrogens (primary N) is 3. The Hall–Kier alpha value is -9.48. The summed E-state index contributed by atoms with van der Waals surface area (Å²) in [6.07, 6.45) is 13.7. The van der Waals surface area contributed by atoms with Gasteiger partial charge in [0, 0.05) is 61.6 Å². The number of nitrogens with zero attached hydrogens (tertiary/aromatic N) is 4. The van der Waals surface area contributed by atoms with Crippen molar-refractivity contribution < 1.29 is 63.0 Å². The van der Waals surface area contributed by atoms with Crippen molar-refractivity contribution in [1.29, 1.82) is 0 Å². The highest BCUT2D eigenvalue weighted by atomic mass is 16.3. The van der Waals surface area contributed by atoms with Gasteiger partial charge < -0.3 is 85.1 Å². The van der Waals surface area contributed by atoms with Gasteiger partial charge in [0.2, 0.25) is 65.0 Å². The number of primary amides is 1. The summed E-state index contributed by atoms with van der Waals surface area (Å²) < 4.78 is 0. The van der Waals surface area contributed by atoms with E-state index in [1.54, 1.807) is 24.4 Å². The first-order valence-corrected chi connectivity index (χ1v) is 34.8. The number of aromatic nitrogens is 1. The first kappa shape index (κ1) is 75.3. The van der Waals surface area contributed by atoms with Crippen LogP contribution in [-0.4, -0.2) is 190 Å². The predicted molar refractivity (Wildman–Crippen MR) is 369 cm³/mol. The molecule has 9 atom stereocenters. The Labute approximate surface area is 575 Å². The number of rotatable bonds is 35. The molecule has 18 N–H and O–H groups in total. The molecule has 2 aromatic carbocycles. The maximum absolute atomic E-state index is 15.5. The monoisotopic (exact) mass is 1370 g/mol. The van der Waals surface area contributed by atoms with Crippen LogP contribution in [-0.2, 0) is 65.6 Å². The van der Waals surface area contributed by atoms with Crippen LogP contribution in [0.1, 0.15) is 147 Å². The molecule has 3 aromatic rings. The van der Waals surface area contributed by atoms with Gasteiger partial charge in [-0.1, -0.05) is 108 Å². The van der Waals surface area contributed by atoms with Crippen LogP contribution >= 0.6 is 0 Å². The van der Waals surface area contributed by atoms with Gasteiger partial charge in [-0.05, 0) is 97.9 Å². The van der Waals surface area contributed by atoms with Gasteiger partial charge in [0.1, 0.15) is 66.5 Å². The van der Waals surface area contributed by atoms with E-state index in [0.29, 0.717) is 28.6 Å². The number of aliphatic hydroxyl groups excluding tert-OH is 1. The lowest BCUT2D eigenvalue weighted by Crippen LogP contribution is -2.61. The van der Waals surface area contributed by atoms with Crippen molar-refractivity contribution in [2.45, 2.75) is 203 Å². The van der Waals surface area contributed by atoms with Crippen molar-refractivity contribution in [3.63, 3.8) is 0 Å². The van der Waals surface area contributed by atoms with E-state index < -0.39 is 127 Å². The number of aliphatic imine (C=N–C) groups is 3. The number of para-hydroxylation sites is 1. The Morgan fingerprint density at radius 1 is 0.646 bits per heavy atom. The Kier molecular flexibility index (Phi) is 28.1. The fraction of sp³-hybridized carbons (Fsp3) is 0.594. The van der Waals surface area contributed by atoms with Crippen molar-refractivity contribution in [1.82, 2.24) is 57.7 Å². The van der Waals surface area contributed by atoms with Crippen molar-refractivity contribution >= 4 is 93.9 Å². The summed E-state index contributed by atoms with van der Waals surface area (Å²) in [6.45, 7) is 2.67. The molecular weight excluding hydrogens is 1270 g/mol. The molecule has 99 heavy (non-hydrogen) atoms. The molecule has 8 rings (SSSR count). The number of phenols is 1. The molecule has 30 heteroatoms. The molecule has 5 aliphatic rings. The zero-order valence-electron chi connectivity index (χ0n) is 56.6. The molecule has 11 amide bonds. The molecule has 3 aliphatic heterocycles. The number of nitrogens with one attached hydrogen (secondary N) is 10. The van der Waals surface area contributed by atoms with Gasteiger partial charge in [-0.3, -0.25) is 62.7 Å². The third kappa shape index (κ3) is 22.3. The average molecular weight is 1370 g/mol. The number of hydrogen-bond acceptors (Lipinski definition) is 16. The van der Waals surface area contributed by atoms with Gasteiger partial charge in [0.05, 0.1) is 19.7 Å². The normalized spacial score (nSPS) is 19.3. The van der Waals surface area contributed by atoms with E-state index in [4.69, 9.17) is 17.2 Å². The van der Waals surface area contributed by atoms with E-state index in [1.165, 1.54) is 23.4 Å². The van der Waals surface area contributed by atoms with E-state index in [-0.39, 0.29) is 125 Å². The van der Waals surface area contributed by atoms with Crippen LogP contribution in [0.3, 0.4) is 0 Å². The first-order valence-electron chi connectivity index (χ1n) is 34.8. The number of benzene rings is 2. The maximum Gasteiger partial charge on any atom is 0.245 e. The van der Waals surface area contributed by atoms with Crippen molar-refractivity contribution in [3.05, 3.63) is 65.9 Å². The molecule has 2 saturated heterocycles. The largest absolute Gasteiger partial charge is 0.508 e. The second-order valence-corrected chi connectivity index (χ2v) is 27.2. The van der Waals surface area contributed by atoms with Gasteiger partial charge >= 0.3 is 0 Å². The summed E-state index contributed by atoms with van der Waals surface area (Å²) in [5, 5.41) is 46.8. The Morgan fingerprint density at radius 3 is 1.81 bits per heavy atom. The summed E-state index contributed by atoms with van der Waals surface area (Å²) in [7, 11) is 0. The molecule has 2 aliphatic carbocycles. The molecule has 0 radical (unpaired) electrons. The number of likely N-dealkylation sites (tertiary alicyclic amines) is 1. The number of phenolic OH excluding ortho intramolecular Hbond substituents is 1. The van der Waals surface area contributed by atoms with Gasteiger partial charge in [-0.15, -0.1) is 0 Å². The van der Waals surface area contributed by atoms with Gasteiger partial charge in [-0.25, -0.2) is 4.99 Å². The minimum atomic E-state index is -1.77. The van der Waals surface area contributed by atoms with Crippen LogP contribution in [0, 0.1) is 23.7 Å². The van der Waals surface area contributed by atoms with E-state index in [9.17, 15) is 53.4 Å². The van der Waals surface area contributed by atoms with Crippen LogP contribution < -0.4 is 65.1 Å². The summed E-state index contributed by atoms with van der Waals surface area (Å²) >= 11 is 0. The third-order valence-corrected chi connectivity index (χ3v) is 19.4. The molecular formula is C69H99N17O13. The van der Waals surface area contributed by atoms with Crippen LogP contribution in [0.25, 0.3) is 10.9 Å². The SMILES string of the molecule is CC(C)C[C@H](NC(=O)[C@@H](CC(C1CCCCC1)C1CCCCC1)NC(=O)[C@H](Cc1ccc(O)cc1)NC(=O)[C@H](CO)NC(=O)[C@H](Cc1c[nH]c2ccccc12)NC(=O)[C@H](CC1=NC=NC1)NC(=O)[C@@H]1CCC(=O)N1)C(=O)N[C@@H](CCCN=C(N)N)C(=O)N1CCC[C@H]1C(=O)NCC(N)=O. The lowest BCUT2D eigenvalue weighted by molar-refractivity contribution is -0.142. The van der Waals surface area contributed by atoms with Gasteiger partial charge in [0.25, 0.3) is 0 Å². The molecule has 30 nitrogen and oxygen atoms in total. The number of aliphatic hydroxyl groups is 1. The Balaban J connectivity index is 1.07. The van der Waals surface area contributed by atoms with Gasteiger partial charge in [-0.2, -0.15) is 0 Å². The average Bonchev–Trinajstić information content (AvgIpc) is 1.43. The van der Waals surface area contributed by atoms with Crippen LogP contribution in [0.4, 0.5) is 0 Å². The lowest BCUT2D eigenvalue weighted by Gasteiger charge is -2.40. The Bertz CT molecular complexity index is 3410. The summed E-state index contributed by atoms with van der Waals surface area (Å²) in [4.78, 5) is 172. The number of carbonyl (C=O) groups excluding carboxylic acids is 11. The number of carbonyl (C=O) groups is 11. The lowest BCUT2D eigenvalue weighted by atomic mass is 9.67. The van der Waals surface area contributed by atoms with E-state index in [0.717, 1.165) is 69.7 Å². The topological polar surface area (TPSA) is 471 Å². The third-order valence-electron chi connectivity index (χ3n) is 19.4. The van der Waals surface area contributed by atoms with Crippen molar-refractivity contribution in [3.8, 4) is 5.75 Å². The number of amides is 11. The van der Waals surface area contributed by atoms with E-state index in [1.807, 2.05) is 32.0 Å². The zero-order valence-corrected chi connectivity index (χ0v) is 56.6. The Morgan fingerprint density at radius 2 is 1.22 bits per heavy atom.